The summed E-state index contributed by atoms with van der Waals surface area (Å²) in [5.74, 6) is -0.285. The maximum atomic E-state index is 11.1. The van der Waals surface area contributed by atoms with E-state index in [1.807, 2.05) is 30.3 Å². The maximum Gasteiger partial charge on any atom is 0.309 e. The van der Waals surface area contributed by atoms with Crippen molar-refractivity contribution in [3.63, 3.8) is 0 Å². The number of carbonyl (C=O) groups is 1. The number of rotatable bonds is 2. The lowest BCUT2D eigenvalue weighted by atomic mass is 10.0. The van der Waals surface area contributed by atoms with E-state index in [1.54, 1.807) is 0 Å². The fraction of sp³-hybridized carbons (Fsp3) is 0.462. The topological polar surface area (TPSA) is 55.8 Å². The van der Waals surface area contributed by atoms with E-state index < -0.39 is 12.2 Å². The van der Waals surface area contributed by atoms with Crippen LogP contribution in [0.15, 0.2) is 30.3 Å². The Morgan fingerprint density at radius 1 is 1.33 bits per heavy atom. The highest BCUT2D eigenvalue weighted by Crippen LogP contribution is 2.40. The lowest BCUT2D eigenvalue weighted by Crippen LogP contribution is -2.34. The SMILES string of the molecule is O=C1C[C@H]2O[C@H]([C@H](I)c3ccccc3)[C@H](O)[C@H]2O1. The average molecular weight is 360 g/mol. The van der Waals surface area contributed by atoms with E-state index in [9.17, 15) is 9.90 Å². The molecule has 0 saturated carbocycles. The second kappa shape index (κ2) is 4.79. The first-order valence-electron chi connectivity index (χ1n) is 5.89. The fourth-order valence-corrected chi connectivity index (χ4v) is 3.52. The van der Waals surface area contributed by atoms with Crippen LogP contribution in [0, 0.1) is 0 Å². The van der Waals surface area contributed by atoms with Gasteiger partial charge in [-0.3, -0.25) is 4.79 Å². The minimum absolute atomic E-state index is 0.0445. The predicted octanol–water partition coefficient (Wildman–Crippen LogP) is 1.61. The zero-order chi connectivity index (χ0) is 12.7. The molecule has 0 aromatic heterocycles. The third-order valence-corrected chi connectivity index (χ3v) is 4.84. The summed E-state index contributed by atoms with van der Waals surface area (Å²) < 4.78 is 10.9. The van der Waals surface area contributed by atoms with Crippen molar-refractivity contribution in [2.24, 2.45) is 0 Å². The number of carbonyl (C=O) groups excluding carboxylic acids is 1. The number of hydrogen-bond donors (Lipinski definition) is 1. The molecule has 18 heavy (non-hydrogen) atoms. The van der Waals surface area contributed by atoms with Crippen LogP contribution in [0.25, 0.3) is 0 Å². The highest BCUT2D eigenvalue weighted by atomic mass is 127. The zero-order valence-corrected chi connectivity index (χ0v) is 11.7. The molecule has 2 aliphatic heterocycles. The highest BCUT2D eigenvalue weighted by Gasteiger charge is 2.52. The number of halogens is 1. The second-order valence-electron chi connectivity index (χ2n) is 4.60. The smallest absolute Gasteiger partial charge is 0.309 e. The van der Waals surface area contributed by atoms with Crippen molar-refractivity contribution in [1.82, 2.24) is 0 Å². The van der Waals surface area contributed by atoms with Gasteiger partial charge in [-0.2, -0.15) is 0 Å². The molecule has 0 amide bonds. The van der Waals surface area contributed by atoms with Crippen molar-refractivity contribution in [3.05, 3.63) is 35.9 Å². The molecule has 5 heteroatoms. The average Bonchev–Trinajstić information content (AvgIpc) is 2.88. The number of aliphatic hydroxyl groups is 1. The van der Waals surface area contributed by atoms with E-state index in [-0.39, 0.29) is 28.5 Å². The first-order valence-corrected chi connectivity index (χ1v) is 7.13. The van der Waals surface area contributed by atoms with Crippen LogP contribution in [0.5, 0.6) is 0 Å². The van der Waals surface area contributed by atoms with Gasteiger partial charge in [-0.25, -0.2) is 0 Å². The summed E-state index contributed by atoms with van der Waals surface area (Å²) >= 11 is 2.26. The van der Waals surface area contributed by atoms with Gasteiger partial charge in [0.25, 0.3) is 0 Å². The predicted molar refractivity (Wildman–Crippen MR) is 72.4 cm³/mol. The fourth-order valence-electron chi connectivity index (χ4n) is 2.51. The molecule has 0 aliphatic carbocycles. The summed E-state index contributed by atoms with van der Waals surface area (Å²) in [7, 11) is 0. The Balaban J connectivity index is 1.77. The lowest BCUT2D eigenvalue weighted by Gasteiger charge is -2.22. The van der Waals surface area contributed by atoms with Crippen molar-refractivity contribution < 1.29 is 19.4 Å². The van der Waals surface area contributed by atoms with E-state index in [0.29, 0.717) is 0 Å². The van der Waals surface area contributed by atoms with Crippen LogP contribution in [-0.2, 0) is 14.3 Å². The van der Waals surface area contributed by atoms with Crippen LogP contribution in [0.2, 0.25) is 0 Å². The largest absolute Gasteiger partial charge is 0.457 e. The highest BCUT2D eigenvalue weighted by molar-refractivity contribution is 14.1. The minimum atomic E-state index is -0.747. The Morgan fingerprint density at radius 3 is 2.72 bits per heavy atom. The number of hydrogen-bond acceptors (Lipinski definition) is 4. The minimum Gasteiger partial charge on any atom is -0.457 e. The van der Waals surface area contributed by atoms with Crippen molar-refractivity contribution in [3.8, 4) is 0 Å². The Morgan fingerprint density at radius 2 is 2.06 bits per heavy atom. The third-order valence-electron chi connectivity index (χ3n) is 3.41. The molecule has 2 heterocycles. The summed E-state index contributed by atoms with van der Waals surface area (Å²) in [5.41, 5.74) is 1.11. The molecular formula is C13H13IO4. The maximum absolute atomic E-state index is 11.1. The van der Waals surface area contributed by atoms with Gasteiger partial charge in [0, 0.05) is 0 Å². The molecule has 2 fully saturated rings. The molecule has 1 aromatic carbocycles. The quantitative estimate of drug-likeness (QED) is 0.495. The van der Waals surface area contributed by atoms with Gasteiger partial charge in [0.1, 0.15) is 18.3 Å². The van der Waals surface area contributed by atoms with Crippen LogP contribution in [-0.4, -0.2) is 35.5 Å². The molecule has 1 N–H and O–H groups in total. The molecule has 5 atom stereocenters. The van der Waals surface area contributed by atoms with E-state index in [4.69, 9.17) is 9.47 Å². The van der Waals surface area contributed by atoms with Gasteiger partial charge in [-0.05, 0) is 5.56 Å². The van der Waals surface area contributed by atoms with Gasteiger partial charge in [0.05, 0.1) is 10.3 Å². The molecule has 2 saturated heterocycles. The summed E-state index contributed by atoms with van der Waals surface area (Å²) in [6.07, 6.45) is -1.61. The van der Waals surface area contributed by atoms with Crippen LogP contribution in [0.1, 0.15) is 15.9 Å². The number of alkyl halides is 1. The van der Waals surface area contributed by atoms with Crippen molar-refractivity contribution in [1.29, 1.82) is 0 Å². The van der Waals surface area contributed by atoms with Gasteiger partial charge in [0.2, 0.25) is 0 Å². The van der Waals surface area contributed by atoms with Crippen LogP contribution >= 0.6 is 22.6 Å². The molecule has 0 unspecified atom stereocenters. The Bertz CT molecular complexity index is 450. The van der Waals surface area contributed by atoms with E-state index >= 15 is 0 Å². The summed E-state index contributed by atoms with van der Waals surface area (Å²) in [4.78, 5) is 11.1. The number of aliphatic hydroxyl groups excluding tert-OH is 1. The molecule has 1 aromatic rings. The summed E-state index contributed by atoms with van der Waals surface area (Å²) in [5, 5.41) is 10.2. The van der Waals surface area contributed by atoms with E-state index in [0.717, 1.165) is 5.56 Å². The van der Waals surface area contributed by atoms with Crippen molar-refractivity contribution in [2.75, 3.05) is 0 Å². The molecule has 0 radical (unpaired) electrons. The Labute approximate surface area is 118 Å². The lowest BCUT2D eigenvalue weighted by molar-refractivity contribution is -0.145. The van der Waals surface area contributed by atoms with Crippen LogP contribution in [0.4, 0.5) is 0 Å². The normalized spacial score (nSPS) is 36.2. The molecule has 96 valence electrons. The Hall–Kier alpha value is -0.660. The van der Waals surface area contributed by atoms with E-state index in [2.05, 4.69) is 22.6 Å². The first-order chi connectivity index (χ1) is 8.66. The van der Waals surface area contributed by atoms with Crippen molar-refractivity contribution in [2.45, 2.75) is 34.8 Å². The number of ether oxygens (including phenoxy) is 2. The molecule has 3 rings (SSSR count). The van der Waals surface area contributed by atoms with Gasteiger partial charge < -0.3 is 14.6 Å². The summed E-state index contributed by atoms with van der Waals surface area (Å²) in [6, 6.07) is 9.89. The Kier molecular flexibility index (Phi) is 3.29. The van der Waals surface area contributed by atoms with Gasteiger partial charge >= 0.3 is 5.97 Å². The monoisotopic (exact) mass is 360 g/mol. The number of fused-ring (bicyclic) bond motifs is 1. The van der Waals surface area contributed by atoms with Gasteiger partial charge in [0.15, 0.2) is 6.10 Å². The van der Waals surface area contributed by atoms with Crippen LogP contribution in [0.3, 0.4) is 0 Å². The van der Waals surface area contributed by atoms with Crippen molar-refractivity contribution >= 4 is 28.6 Å². The summed E-state index contributed by atoms with van der Waals surface area (Å²) in [6.45, 7) is 0. The molecule has 0 bridgehead atoms. The van der Waals surface area contributed by atoms with Gasteiger partial charge in [-0.15, -0.1) is 0 Å². The molecule has 0 spiro atoms. The second-order valence-corrected chi connectivity index (χ2v) is 5.94. The number of benzene rings is 1. The molecular weight excluding hydrogens is 347 g/mol. The third kappa shape index (κ3) is 2.04. The zero-order valence-electron chi connectivity index (χ0n) is 9.53. The first kappa shape index (κ1) is 12.4. The van der Waals surface area contributed by atoms with Gasteiger partial charge in [-0.1, -0.05) is 52.9 Å². The van der Waals surface area contributed by atoms with Crippen LogP contribution < -0.4 is 0 Å². The standard InChI is InChI=1S/C13H13IO4/c14-10(7-4-2-1-3-5-7)13-11(16)12-8(17-13)6-9(15)18-12/h1-5,8,10-13,16H,6H2/t8-,10-,11-,12+,13-/m1/s1. The molecule has 4 nitrogen and oxygen atoms in total. The van der Waals surface area contributed by atoms with E-state index in [1.165, 1.54) is 0 Å². The number of esters is 1. The molecule has 2 aliphatic rings.